The van der Waals surface area contributed by atoms with Gasteiger partial charge in [0.1, 0.15) is 0 Å². The smallest absolute Gasteiger partial charge is 0.0234 e. The van der Waals surface area contributed by atoms with Crippen LogP contribution < -0.4 is 5.32 Å². The van der Waals surface area contributed by atoms with Crippen LogP contribution in [0.25, 0.3) is 0 Å². The predicted octanol–water partition coefficient (Wildman–Crippen LogP) is 1.93. The van der Waals surface area contributed by atoms with E-state index in [0.29, 0.717) is 0 Å². The third-order valence-electron chi connectivity index (χ3n) is 4.12. The number of benzene rings is 1. The van der Waals surface area contributed by atoms with Gasteiger partial charge in [-0.2, -0.15) is 0 Å². The molecule has 0 aromatic heterocycles. The van der Waals surface area contributed by atoms with Crippen molar-refractivity contribution in [2.45, 2.75) is 32.0 Å². The summed E-state index contributed by atoms with van der Waals surface area (Å²) < 4.78 is 0. The second kappa shape index (κ2) is 7.04. The summed E-state index contributed by atoms with van der Waals surface area (Å²) in [6.45, 7) is 4.43. The van der Waals surface area contributed by atoms with Crippen LogP contribution in [0.15, 0.2) is 24.3 Å². The average Bonchev–Trinajstić information content (AvgIpc) is 2.78. The standard InChI is InChI=1S/C16H27N3/c1-17-11-14-7-4-5-8-15(14)12-18(2)13-16-9-6-10-19(16)3/h4-5,7-8,16-17H,6,9-13H2,1-3H3. The predicted molar refractivity (Wildman–Crippen MR) is 81.2 cm³/mol. The number of rotatable bonds is 6. The Bertz CT molecular complexity index is 391. The average molecular weight is 261 g/mol. The first-order valence-electron chi connectivity index (χ1n) is 7.31. The summed E-state index contributed by atoms with van der Waals surface area (Å²) in [4.78, 5) is 4.96. The number of nitrogens with zero attached hydrogens (tertiary/aromatic N) is 2. The molecule has 1 atom stereocenters. The van der Waals surface area contributed by atoms with Gasteiger partial charge in [-0.15, -0.1) is 0 Å². The Morgan fingerprint density at radius 1 is 1.32 bits per heavy atom. The van der Waals surface area contributed by atoms with E-state index >= 15 is 0 Å². The molecule has 0 spiro atoms. The summed E-state index contributed by atoms with van der Waals surface area (Å²) in [5, 5.41) is 3.25. The van der Waals surface area contributed by atoms with Crippen LogP contribution in [-0.4, -0.2) is 50.1 Å². The van der Waals surface area contributed by atoms with Gasteiger partial charge < -0.3 is 15.1 Å². The van der Waals surface area contributed by atoms with E-state index < -0.39 is 0 Å². The van der Waals surface area contributed by atoms with Crippen molar-refractivity contribution in [2.75, 3.05) is 34.2 Å². The first kappa shape index (κ1) is 14.5. The lowest BCUT2D eigenvalue weighted by molar-refractivity contribution is 0.215. The third kappa shape index (κ3) is 4.03. The minimum atomic E-state index is 0.737. The quantitative estimate of drug-likeness (QED) is 0.844. The maximum Gasteiger partial charge on any atom is 0.0234 e. The van der Waals surface area contributed by atoms with E-state index in [0.717, 1.165) is 19.1 Å². The van der Waals surface area contributed by atoms with E-state index in [9.17, 15) is 0 Å². The summed E-state index contributed by atoms with van der Waals surface area (Å²) in [7, 11) is 6.50. The molecule has 1 fully saturated rings. The van der Waals surface area contributed by atoms with Crippen LogP contribution in [-0.2, 0) is 13.1 Å². The van der Waals surface area contributed by atoms with Crippen LogP contribution in [0.3, 0.4) is 0 Å². The molecule has 1 unspecified atom stereocenters. The highest BCUT2D eigenvalue weighted by Gasteiger charge is 2.22. The fourth-order valence-electron chi connectivity index (χ4n) is 3.00. The van der Waals surface area contributed by atoms with Crippen molar-refractivity contribution in [1.29, 1.82) is 0 Å². The molecule has 0 radical (unpaired) electrons. The fraction of sp³-hybridized carbons (Fsp3) is 0.625. The Morgan fingerprint density at radius 2 is 2.05 bits per heavy atom. The summed E-state index contributed by atoms with van der Waals surface area (Å²) in [5.41, 5.74) is 2.86. The van der Waals surface area contributed by atoms with Crippen LogP contribution in [0.4, 0.5) is 0 Å². The number of likely N-dealkylation sites (tertiary alicyclic amines) is 1. The first-order valence-corrected chi connectivity index (χ1v) is 7.31. The van der Waals surface area contributed by atoms with Crippen LogP contribution >= 0.6 is 0 Å². The van der Waals surface area contributed by atoms with Gasteiger partial charge in [0.05, 0.1) is 0 Å². The van der Waals surface area contributed by atoms with Crippen molar-refractivity contribution in [3.8, 4) is 0 Å². The zero-order valence-electron chi connectivity index (χ0n) is 12.5. The van der Waals surface area contributed by atoms with Gasteiger partial charge >= 0.3 is 0 Å². The van der Waals surface area contributed by atoms with Gasteiger partial charge in [0.25, 0.3) is 0 Å². The molecule has 1 aromatic carbocycles. The molecule has 19 heavy (non-hydrogen) atoms. The number of likely N-dealkylation sites (N-methyl/N-ethyl adjacent to an activating group) is 2. The molecule has 0 saturated carbocycles. The molecule has 1 aliphatic heterocycles. The Labute approximate surface area is 117 Å². The molecule has 1 N–H and O–H groups in total. The van der Waals surface area contributed by atoms with Crippen LogP contribution in [0, 0.1) is 0 Å². The molecule has 1 heterocycles. The monoisotopic (exact) mass is 261 g/mol. The molecule has 2 rings (SSSR count). The van der Waals surface area contributed by atoms with E-state index in [4.69, 9.17) is 0 Å². The fourth-order valence-corrected chi connectivity index (χ4v) is 3.00. The van der Waals surface area contributed by atoms with E-state index in [1.807, 2.05) is 7.05 Å². The minimum absolute atomic E-state index is 0.737. The molecular weight excluding hydrogens is 234 g/mol. The third-order valence-corrected chi connectivity index (χ3v) is 4.12. The zero-order valence-corrected chi connectivity index (χ0v) is 12.5. The summed E-state index contributed by atoms with van der Waals surface area (Å²) in [6.07, 6.45) is 2.70. The van der Waals surface area contributed by atoms with Crippen molar-refractivity contribution in [2.24, 2.45) is 0 Å². The largest absolute Gasteiger partial charge is 0.316 e. The summed E-state index contributed by atoms with van der Waals surface area (Å²) in [6, 6.07) is 9.48. The molecule has 0 bridgehead atoms. The van der Waals surface area contributed by atoms with Crippen molar-refractivity contribution in [3.05, 3.63) is 35.4 Å². The molecule has 0 amide bonds. The number of hydrogen-bond acceptors (Lipinski definition) is 3. The van der Waals surface area contributed by atoms with Gasteiger partial charge in [-0.1, -0.05) is 24.3 Å². The van der Waals surface area contributed by atoms with Gasteiger partial charge in [0.2, 0.25) is 0 Å². The van der Waals surface area contributed by atoms with Crippen molar-refractivity contribution in [1.82, 2.24) is 15.1 Å². The SMILES string of the molecule is CNCc1ccccc1CN(C)CC1CCCN1C. The molecule has 106 valence electrons. The van der Waals surface area contributed by atoms with Crippen LogP contribution in [0.1, 0.15) is 24.0 Å². The van der Waals surface area contributed by atoms with Crippen molar-refractivity contribution >= 4 is 0 Å². The van der Waals surface area contributed by atoms with Gasteiger partial charge in [0, 0.05) is 25.7 Å². The topological polar surface area (TPSA) is 18.5 Å². The Kier molecular flexibility index (Phi) is 5.37. The number of nitrogens with one attached hydrogen (secondary N) is 1. The van der Waals surface area contributed by atoms with Gasteiger partial charge in [-0.25, -0.2) is 0 Å². The lowest BCUT2D eigenvalue weighted by Crippen LogP contribution is -2.36. The van der Waals surface area contributed by atoms with Gasteiger partial charge in [-0.3, -0.25) is 0 Å². The normalized spacial score (nSPS) is 20.3. The number of hydrogen-bond donors (Lipinski definition) is 1. The molecule has 3 heteroatoms. The van der Waals surface area contributed by atoms with Crippen LogP contribution in [0.5, 0.6) is 0 Å². The Morgan fingerprint density at radius 3 is 2.68 bits per heavy atom. The minimum Gasteiger partial charge on any atom is -0.316 e. The second-order valence-corrected chi connectivity index (χ2v) is 5.77. The molecule has 1 aliphatic rings. The second-order valence-electron chi connectivity index (χ2n) is 5.77. The molecule has 3 nitrogen and oxygen atoms in total. The zero-order chi connectivity index (χ0) is 13.7. The van der Waals surface area contributed by atoms with E-state index in [-0.39, 0.29) is 0 Å². The molecule has 0 aliphatic carbocycles. The first-order chi connectivity index (χ1) is 9.20. The molecule has 1 aromatic rings. The van der Waals surface area contributed by atoms with E-state index in [1.54, 1.807) is 0 Å². The van der Waals surface area contributed by atoms with Crippen LogP contribution in [0.2, 0.25) is 0 Å². The highest BCUT2D eigenvalue weighted by Crippen LogP contribution is 2.17. The summed E-state index contributed by atoms with van der Waals surface area (Å²) in [5.74, 6) is 0. The Hall–Kier alpha value is -0.900. The Balaban J connectivity index is 1.92. The maximum absolute atomic E-state index is 3.25. The van der Waals surface area contributed by atoms with Gasteiger partial charge in [-0.05, 0) is 51.7 Å². The van der Waals surface area contributed by atoms with Crippen molar-refractivity contribution < 1.29 is 0 Å². The highest BCUT2D eigenvalue weighted by molar-refractivity contribution is 5.26. The molecular formula is C16H27N3. The van der Waals surface area contributed by atoms with E-state index in [2.05, 4.69) is 53.5 Å². The molecule has 1 saturated heterocycles. The van der Waals surface area contributed by atoms with Crippen molar-refractivity contribution in [3.63, 3.8) is 0 Å². The lowest BCUT2D eigenvalue weighted by Gasteiger charge is -2.26. The van der Waals surface area contributed by atoms with E-state index in [1.165, 1.54) is 37.1 Å². The summed E-state index contributed by atoms with van der Waals surface area (Å²) >= 11 is 0. The highest BCUT2D eigenvalue weighted by atomic mass is 15.2. The lowest BCUT2D eigenvalue weighted by atomic mass is 10.1. The maximum atomic E-state index is 3.25. The van der Waals surface area contributed by atoms with Gasteiger partial charge in [0.15, 0.2) is 0 Å².